The highest BCUT2D eigenvalue weighted by molar-refractivity contribution is 5.87. The molecule has 1 heterocycles. The maximum Gasteiger partial charge on any atom is 0.327 e. The van der Waals surface area contributed by atoms with Gasteiger partial charge in [0.15, 0.2) is 0 Å². The van der Waals surface area contributed by atoms with Crippen LogP contribution in [0.15, 0.2) is 29.6 Å². The van der Waals surface area contributed by atoms with E-state index in [4.69, 9.17) is 9.47 Å². The van der Waals surface area contributed by atoms with Crippen LogP contribution in [0.5, 0.6) is 0 Å². The zero-order valence-corrected chi connectivity index (χ0v) is 15.2. The molecule has 1 aromatic heterocycles. The van der Waals surface area contributed by atoms with Crippen LogP contribution in [0.1, 0.15) is 44.9 Å². The lowest BCUT2D eigenvalue weighted by Crippen LogP contribution is -2.29. The fraction of sp³-hybridized carbons (Fsp3) is 0.421. The minimum atomic E-state index is -0.479. The molecule has 0 radical (unpaired) electrons. The molecule has 2 rings (SSSR count). The van der Waals surface area contributed by atoms with Crippen molar-refractivity contribution in [3.8, 4) is 0 Å². The number of carbonyl (C=O) groups excluding carboxylic acids is 1. The highest BCUT2D eigenvalue weighted by Gasteiger charge is 2.16. The number of fused-ring (bicyclic) bond motifs is 1. The van der Waals surface area contributed by atoms with Gasteiger partial charge in [0.25, 0.3) is 5.56 Å². The molecule has 2 aromatic rings. The predicted molar refractivity (Wildman–Crippen MR) is 97.4 cm³/mol. The zero-order valence-electron chi connectivity index (χ0n) is 15.2. The molecule has 0 aliphatic rings. The van der Waals surface area contributed by atoms with Crippen molar-refractivity contribution in [1.82, 2.24) is 9.78 Å². The van der Waals surface area contributed by atoms with Gasteiger partial charge >= 0.3 is 5.97 Å². The van der Waals surface area contributed by atoms with Crippen LogP contribution >= 0.6 is 0 Å². The van der Waals surface area contributed by atoms with E-state index < -0.39 is 5.97 Å². The topological polar surface area (TPSA) is 70.4 Å². The molecule has 0 atom stereocenters. The van der Waals surface area contributed by atoms with E-state index in [1.807, 2.05) is 26.8 Å². The molecule has 25 heavy (non-hydrogen) atoms. The maximum atomic E-state index is 12.7. The monoisotopic (exact) mass is 344 g/mol. The average molecular weight is 344 g/mol. The second-order valence-corrected chi connectivity index (χ2v) is 5.92. The van der Waals surface area contributed by atoms with E-state index in [1.165, 1.54) is 4.68 Å². The molecule has 0 amide bonds. The SMILES string of the molecule is C=C(OCC)c1ccc2c(=O)n(CC(=O)OCC)nc(C(C)C)c2c1. The molecule has 6 heteroatoms. The maximum absolute atomic E-state index is 12.7. The number of carbonyl (C=O) groups is 1. The minimum absolute atomic E-state index is 0.0761. The van der Waals surface area contributed by atoms with Crippen molar-refractivity contribution in [3.63, 3.8) is 0 Å². The van der Waals surface area contributed by atoms with Crippen molar-refractivity contribution in [3.05, 3.63) is 46.4 Å². The van der Waals surface area contributed by atoms with Gasteiger partial charge in [-0.1, -0.05) is 26.5 Å². The largest absolute Gasteiger partial charge is 0.494 e. The number of aromatic nitrogens is 2. The molecule has 6 nitrogen and oxygen atoms in total. The summed E-state index contributed by atoms with van der Waals surface area (Å²) >= 11 is 0. The Hall–Kier alpha value is -2.63. The summed E-state index contributed by atoms with van der Waals surface area (Å²) in [5, 5.41) is 5.66. The molecule has 0 N–H and O–H groups in total. The molecular formula is C19H24N2O4. The summed E-state index contributed by atoms with van der Waals surface area (Å²) in [6.07, 6.45) is 0. The van der Waals surface area contributed by atoms with E-state index in [2.05, 4.69) is 11.7 Å². The lowest BCUT2D eigenvalue weighted by molar-refractivity contribution is -0.144. The highest BCUT2D eigenvalue weighted by Crippen LogP contribution is 2.25. The molecule has 0 spiro atoms. The van der Waals surface area contributed by atoms with Crippen LogP contribution in [0, 0.1) is 0 Å². The van der Waals surface area contributed by atoms with Crippen molar-refractivity contribution in [1.29, 1.82) is 0 Å². The van der Waals surface area contributed by atoms with Crippen LogP contribution in [0.25, 0.3) is 16.5 Å². The van der Waals surface area contributed by atoms with E-state index in [0.717, 1.165) is 16.6 Å². The van der Waals surface area contributed by atoms with Crippen molar-refractivity contribution >= 4 is 22.5 Å². The molecule has 0 fully saturated rings. The number of hydrogen-bond donors (Lipinski definition) is 0. The Bertz CT molecular complexity index is 852. The summed E-state index contributed by atoms with van der Waals surface area (Å²) in [6, 6.07) is 5.39. The first-order valence-corrected chi connectivity index (χ1v) is 8.41. The lowest BCUT2D eigenvalue weighted by Gasteiger charge is -2.14. The van der Waals surface area contributed by atoms with Crippen molar-refractivity contribution in [2.45, 2.75) is 40.2 Å². The van der Waals surface area contributed by atoms with Crippen LogP contribution in [0.2, 0.25) is 0 Å². The van der Waals surface area contributed by atoms with Crippen molar-refractivity contribution < 1.29 is 14.3 Å². The molecule has 0 unspecified atom stereocenters. The zero-order chi connectivity index (χ0) is 18.6. The molecule has 0 saturated heterocycles. The van der Waals surface area contributed by atoms with Crippen LogP contribution in [0.4, 0.5) is 0 Å². The summed E-state index contributed by atoms with van der Waals surface area (Å²) in [6.45, 7) is 12.1. The van der Waals surface area contributed by atoms with Gasteiger partial charge in [0.2, 0.25) is 0 Å². The summed E-state index contributed by atoms with van der Waals surface area (Å²) in [4.78, 5) is 24.4. The van der Waals surface area contributed by atoms with E-state index in [-0.39, 0.29) is 24.6 Å². The third-order valence-electron chi connectivity index (χ3n) is 3.76. The summed E-state index contributed by atoms with van der Waals surface area (Å²) in [5.41, 5.74) is 1.23. The van der Waals surface area contributed by atoms with E-state index in [9.17, 15) is 9.59 Å². The van der Waals surface area contributed by atoms with Gasteiger partial charge in [-0.15, -0.1) is 0 Å². The van der Waals surface area contributed by atoms with Gasteiger partial charge in [0.05, 0.1) is 24.3 Å². The van der Waals surface area contributed by atoms with Gasteiger partial charge in [-0.25, -0.2) is 4.68 Å². The number of benzene rings is 1. The standard InChI is InChI=1S/C19H24N2O4/c1-6-24-13(5)14-8-9-15-16(10-14)18(12(3)4)20-21(19(15)23)11-17(22)25-7-2/h8-10,12H,5-7,11H2,1-4H3. The Morgan fingerprint density at radius 2 is 1.88 bits per heavy atom. The smallest absolute Gasteiger partial charge is 0.327 e. The second kappa shape index (κ2) is 7.96. The van der Waals surface area contributed by atoms with Gasteiger partial charge in [-0.05, 0) is 31.9 Å². The molecule has 0 bridgehead atoms. The number of rotatable bonds is 7. The first-order valence-electron chi connectivity index (χ1n) is 8.41. The van der Waals surface area contributed by atoms with E-state index in [0.29, 0.717) is 17.8 Å². The van der Waals surface area contributed by atoms with Crippen LogP contribution in [-0.4, -0.2) is 29.0 Å². The lowest BCUT2D eigenvalue weighted by atomic mass is 10.0. The number of hydrogen-bond acceptors (Lipinski definition) is 5. The second-order valence-electron chi connectivity index (χ2n) is 5.92. The summed E-state index contributed by atoms with van der Waals surface area (Å²) in [7, 11) is 0. The van der Waals surface area contributed by atoms with Gasteiger partial charge in [-0.3, -0.25) is 9.59 Å². The number of nitrogens with zero attached hydrogens (tertiary/aromatic N) is 2. The Balaban J connectivity index is 2.61. The molecule has 0 aliphatic carbocycles. The normalized spacial score (nSPS) is 10.9. The number of ether oxygens (including phenoxy) is 2. The Kier molecular flexibility index (Phi) is 5.96. The van der Waals surface area contributed by atoms with Crippen LogP contribution in [0.3, 0.4) is 0 Å². The Morgan fingerprint density at radius 1 is 1.20 bits per heavy atom. The molecular weight excluding hydrogens is 320 g/mol. The van der Waals surface area contributed by atoms with Crippen molar-refractivity contribution in [2.75, 3.05) is 13.2 Å². The highest BCUT2D eigenvalue weighted by atomic mass is 16.5. The van der Waals surface area contributed by atoms with Crippen molar-refractivity contribution in [2.24, 2.45) is 0 Å². The fourth-order valence-corrected chi connectivity index (χ4v) is 2.60. The Labute approximate surface area is 147 Å². The molecule has 1 aromatic carbocycles. The Morgan fingerprint density at radius 3 is 2.48 bits per heavy atom. The van der Waals surface area contributed by atoms with E-state index >= 15 is 0 Å². The predicted octanol–water partition coefficient (Wildman–Crippen LogP) is 3.09. The first kappa shape index (κ1) is 18.7. The fourth-order valence-electron chi connectivity index (χ4n) is 2.60. The average Bonchev–Trinajstić information content (AvgIpc) is 2.57. The summed E-state index contributed by atoms with van der Waals surface area (Å²) < 4.78 is 11.5. The number of esters is 1. The van der Waals surface area contributed by atoms with Gasteiger partial charge in [-0.2, -0.15) is 5.10 Å². The van der Waals surface area contributed by atoms with Gasteiger partial charge in [0.1, 0.15) is 12.3 Å². The quantitative estimate of drug-likeness (QED) is 0.570. The minimum Gasteiger partial charge on any atom is -0.494 e. The molecule has 0 saturated carbocycles. The van der Waals surface area contributed by atoms with Gasteiger partial charge < -0.3 is 9.47 Å². The van der Waals surface area contributed by atoms with Gasteiger partial charge in [0, 0.05) is 10.9 Å². The molecule has 0 aliphatic heterocycles. The van der Waals surface area contributed by atoms with Crippen LogP contribution < -0.4 is 5.56 Å². The first-order chi connectivity index (χ1) is 11.9. The third-order valence-corrected chi connectivity index (χ3v) is 3.76. The summed E-state index contributed by atoms with van der Waals surface area (Å²) in [5.74, 6) is 0.148. The third kappa shape index (κ3) is 4.07. The molecule has 134 valence electrons. The van der Waals surface area contributed by atoms with E-state index in [1.54, 1.807) is 19.1 Å². The van der Waals surface area contributed by atoms with Crippen LogP contribution in [-0.2, 0) is 20.8 Å².